The highest BCUT2D eigenvalue weighted by Gasteiger charge is 2.14. The minimum absolute atomic E-state index is 0.0817. The van der Waals surface area contributed by atoms with Crippen molar-refractivity contribution in [3.63, 3.8) is 0 Å². The van der Waals surface area contributed by atoms with Gasteiger partial charge in [-0.05, 0) is 23.8 Å². The SMILES string of the molecule is C=CNC(=C=C(N)Cl)c1ccc(C2C=CC(/C(NC)=C(/N)Cl)=CC2)cc1. The van der Waals surface area contributed by atoms with Crippen LogP contribution in [0.2, 0.25) is 0 Å². The van der Waals surface area contributed by atoms with Crippen LogP contribution in [0, 0.1) is 0 Å². The van der Waals surface area contributed by atoms with Gasteiger partial charge in [0.1, 0.15) is 10.3 Å². The monoisotopic (exact) mass is 388 g/mol. The Morgan fingerprint density at radius 3 is 2.42 bits per heavy atom. The summed E-state index contributed by atoms with van der Waals surface area (Å²) in [6.07, 6.45) is 8.73. The first-order chi connectivity index (χ1) is 12.5. The van der Waals surface area contributed by atoms with E-state index < -0.39 is 0 Å². The van der Waals surface area contributed by atoms with Crippen LogP contribution < -0.4 is 22.1 Å². The van der Waals surface area contributed by atoms with Gasteiger partial charge in [-0.15, -0.1) is 0 Å². The zero-order valence-corrected chi connectivity index (χ0v) is 16.0. The zero-order chi connectivity index (χ0) is 19.1. The molecule has 136 valence electrons. The van der Waals surface area contributed by atoms with Crippen molar-refractivity contribution < 1.29 is 0 Å². The van der Waals surface area contributed by atoms with Crippen molar-refractivity contribution in [2.75, 3.05) is 7.05 Å². The van der Waals surface area contributed by atoms with Gasteiger partial charge in [-0.2, -0.15) is 0 Å². The van der Waals surface area contributed by atoms with Crippen molar-refractivity contribution in [2.24, 2.45) is 11.5 Å². The Balaban J connectivity index is 2.20. The summed E-state index contributed by atoms with van der Waals surface area (Å²) in [6.45, 7) is 3.66. The van der Waals surface area contributed by atoms with Gasteiger partial charge in [0, 0.05) is 18.5 Å². The van der Waals surface area contributed by atoms with Crippen molar-refractivity contribution in [2.45, 2.75) is 12.3 Å². The summed E-state index contributed by atoms with van der Waals surface area (Å²) >= 11 is 11.6. The molecule has 2 rings (SSSR count). The second-order valence-corrected chi connectivity index (χ2v) is 6.47. The molecule has 4 nitrogen and oxygen atoms in total. The van der Waals surface area contributed by atoms with Crippen molar-refractivity contribution in [1.29, 1.82) is 0 Å². The van der Waals surface area contributed by atoms with E-state index in [0.29, 0.717) is 5.70 Å². The number of likely N-dealkylation sites (N-methyl/N-ethyl adjacent to an activating group) is 1. The van der Waals surface area contributed by atoms with E-state index >= 15 is 0 Å². The Morgan fingerprint density at radius 2 is 1.96 bits per heavy atom. The van der Waals surface area contributed by atoms with Crippen LogP contribution in [0.4, 0.5) is 0 Å². The number of allylic oxidation sites excluding steroid dienone is 3. The van der Waals surface area contributed by atoms with E-state index in [1.807, 2.05) is 18.2 Å². The maximum atomic E-state index is 5.92. The molecule has 0 saturated heterocycles. The van der Waals surface area contributed by atoms with Gasteiger partial charge in [0.2, 0.25) is 0 Å². The maximum Gasteiger partial charge on any atom is 0.145 e. The predicted molar refractivity (Wildman–Crippen MR) is 111 cm³/mol. The van der Waals surface area contributed by atoms with Gasteiger partial charge >= 0.3 is 0 Å². The Kier molecular flexibility index (Phi) is 7.05. The summed E-state index contributed by atoms with van der Waals surface area (Å²) in [4.78, 5) is 0. The number of rotatable bonds is 6. The Bertz CT molecular complexity index is 818. The van der Waals surface area contributed by atoms with E-state index in [1.165, 1.54) is 5.56 Å². The summed E-state index contributed by atoms with van der Waals surface area (Å²) in [5.74, 6) is 0.288. The largest absolute Gasteiger partial charge is 0.388 e. The van der Waals surface area contributed by atoms with Gasteiger partial charge in [-0.1, -0.05) is 78.0 Å². The number of halogens is 2. The number of nitrogens with two attached hydrogens (primary N) is 2. The van der Waals surface area contributed by atoms with Crippen LogP contribution in [0.25, 0.3) is 5.70 Å². The molecule has 1 aliphatic carbocycles. The number of hydrogen-bond acceptors (Lipinski definition) is 4. The minimum atomic E-state index is 0.0817. The van der Waals surface area contributed by atoms with E-state index in [2.05, 4.69) is 47.2 Å². The molecule has 26 heavy (non-hydrogen) atoms. The zero-order valence-electron chi connectivity index (χ0n) is 14.5. The molecular weight excluding hydrogens is 367 g/mol. The van der Waals surface area contributed by atoms with Crippen molar-refractivity contribution in [1.82, 2.24) is 10.6 Å². The standard InChI is InChI=1S/C20H22Cl2N4/c1-3-26-17(12-18(21)23)15-8-4-13(5-9-15)14-6-10-16(11-7-14)19(25-2)20(22)24/h3-6,8-11,14,25-26H,1,7,23-24H2,2H3/b20-19-. The van der Waals surface area contributed by atoms with Crippen LogP contribution >= 0.6 is 23.2 Å². The first kappa shape index (κ1) is 19.8. The van der Waals surface area contributed by atoms with Crippen LogP contribution in [0.5, 0.6) is 0 Å². The maximum absolute atomic E-state index is 5.92. The fourth-order valence-electron chi connectivity index (χ4n) is 2.76. The molecule has 6 N–H and O–H groups in total. The molecule has 1 unspecified atom stereocenters. The highest BCUT2D eigenvalue weighted by Crippen LogP contribution is 2.30. The first-order valence-electron chi connectivity index (χ1n) is 8.07. The van der Waals surface area contributed by atoms with E-state index in [-0.39, 0.29) is 16.2 Å². The molecule has 0 aliphatic heterocycles. The Labute approximate surface area is 164 Å². The van der Waals surface area contributed by atoms with Gasteiger partial charge in [0.15, 0.2) is 0 Å². The average molecular weight is 389 g/mol. The summed E-state index contributed by atoms with van der Waals surface area (Å²) in [7, 11) is 1.80. The molecule has 0 saturated carbocycles. The van der Waals surface area contributed by atoms with Crippen molar-refractivity contribution in [3.8, 4) is 0 Å². The molecule has 1 aromatic rings. The molecule has 1 aromatic carbocycles. The summed E-state index contributed by atoms with van der Waals surface area (Å²) in [5, 5.41) is 6.36. The van der Waals surface area contributed by atoms with Gasteiger partial charge in [0.25, 0.3) is 0 Å². The van der Waals surface area contributed by atoms with Gasteiger partial charge in [-0.25, -0.2) is 0 Å². The van der Waals surface area contributed by atoms with Crippen LogP contribution in [-0.2, 0) is 0 Å². The molecule has 1 aliphatic rings. The van der Waals surface area contributed by atoms with Crippen LogP contribution in [0.3, 0.4) is 0 Å². The summed E-state index contributed by atoms with van der Waals surface area (Å²) in [6, 6.07) is 8.14. The highest BCUT2D eigenvalue weighted by atomic mass is 35.5. The second-order valence-electron chi connectivity index (χ2n) is 5.65. The predicted octanol–water partition coefficient (Wildman–Crippen LogP) is 3.95. The summed E-state index contributed by atoms with van der Waals surface area (Å²) < 4.78 is 0. The van der Waals surface area contributed by atoms with E-state index in [1.54, 1.807) is 13.2 Å². The van der Waals surface area contributed by atoms with E-state index in [0.717, 1.165) is 23.3 Å². The van der Waals surface area contributed by atoms with Crippen molar-refractivity contribution in [3.05, 3.63) is 93.7 Å². The van der Waals surface area contributed by atoms with Crippen LogP contribution in [0.1, 0.15) is 23.5 Å². The number of nitrogens with one attached hydrogen (secondary N) is 2. The minimum Gasteiger partial charge on any atom is -0.388 e. The first-order valence-corrected chi connectivity index (χ1v) is 8.83. The Hall–Kier alpha value is -2.52. The van der Waals surface area contributed by atoms with Gasteiger partial charge < -0.3 is 22.1 Å². The molecule has 0 aromatic heterocycles. The quantitative estimate of drug-likeness (QED) is 0.439. The topological polar surface area (TPSA) is 76.1 Å². The van der Waals surface area contributed by atoms with E-state index in [4.69, 9.17) is 34.7 Å². The fourth-order valence-corrected chi connectivity index (χ4v) is 3.06. The fraction of sp³-hybridized carbons (Fsp3) is 0.150. The molecule has 0 fully saturated rings. The number of hydrogen-bond donors (Lipinski definition) is 4. The molecule has 0 amide bonds. The molecule has 0 bridgehead atoms. The van der Waals surface area contributed by atoms with Gasteiger partial charge in [-0.3, -0.25) is 0 Å². The smallest absolute Gasteiger partial charge is 0.145 e. The third-order valence-corrected chi connectivity index (χ3v) is 4.28. The van der Waals surface area contributed by atoms with Crippen molar-refractivity contribution >= 4 is 28.9 Å². The number of benzene rings is 1. The third kappa shape index (κ3) is 4.99. The second kappa shape index (κ2) is 9.25. The summed E-state index contributed by atoms with van der Waals surface area (Å²) in [5.41, 5.74) is 18.6. The van der Waals surface area contributed by atoms with Crippen LogP contribution in [0.15, 0.2) is 82.6 Å². The van der Waals surface area contributed by atoms with E-state index in [9.17, 15) is 0 Å². The lowest BCUT2D eigenvalue weighted by atomic mass is 9.89. The molecule has 0 radical (unpaired) electrons. The average Bonchev–Trinajstić information content (AvgIpc) is 2.62. The normalized spacial score (nSPS) is 16.7. The highest BCUT2D eigenvalue weighted by molar-refractivity contribution is 6.29. The van der Waals surface area contributed by atoms with Crippen LogP contribution in [-0.4, -0.2) is 7.05 Å². The lowest BCUT2D eigenvalue weighted by Gasteiger charge is -2.19. The van der Waals surface area contributed by atoms with Gasteiger partial charge in [0.05, 0.1) is 11.4 Å². The molecule has 6 heteroatoms. The molecule has 1 atom stereocenters. The lowest BCUT2D eigenvalue weighted by Crippen LogP contribution is -2.14. The Morgan fingerprint density at radius 1 is 1.27 bits per heavy atom. The molecule has 0 spiro atoms. The molecular formula is C20H22Cl2N4. The third-order valence-electron chi connectivity index (χ3n) is 4.00. The molecule has 0 heterocycles. The lowest BCUT2D eigenvalue weighted by molar-refractivity contribution is 0.838.